The van der Waals surface area contributed by atoms with Crippen molar-refractivity contribution < 1.29 is 0 Å². The van der Waals surface area contributed by atoms with Crippen LogP contribution in [0.15, 0.2) is 36.4 Å². The Morgan fingerprint density at radius 1 is 1.05 bits per heavy atom. The summed E-state index contributed by atoms with van der Waals surface area (Å²) in [5, 5.41) is 4.44. The van der Waals surface area contributed by atoms with Crippen LogP contribution in [0.2, 0.25) is 5.02 Å². The van der Waals surface area contributed by atoms with Gasteiger partial charge in [-0.25, -0.2) is 0 Å². The summed E-state index contributed by atoms with van der Waals surface area (Å²) in [6.07, 6.45) is 3.75. The first-order valence-corrected chi connectivity index (χ1v) is 8.18. The van der Waals surface area contributed by atoms with Crippen LogP contribution < -0.4 is 5.32 Å². The van der Waals surface area contributed by atoms with Gasteiger partial charge in [0, 0.05) is 5.02 Å². The van der Waals surface area contributed by atoms with Crippen LogP contribution in [0.3, 0.4) is 0 Å². The highest BCUT2D eigenvalue weighted by Crippen LogP contribution is 2.30. The van der Waals surface area contributed by atoms with Crippen LogP contribution >= 0.6 is 11.6 Å². The monoisotopic (exact) mass is 299 g/mol. The molecule has 1 unspecified atom stereocenters. The van der Waals surface area contributed by atoms with Gasteiger partial charge in [-0.1, -0.05) is 48.9 Å². The third kappa shape index (κ3) is 3.00. The second kappa shape index (κ2) is 6.21. The molecule has 1 nitrogen and oxygen atoms in total. The van der Waals surface area contributed by atoms with E-state index in [0.717, 1.165) is 17.1 Å². The first-order valence-electron chi connectivity index (χ1n) is 7.80. The fourth-order valence-electron chi connectivity index (χ4n) is 3.19. The minimum atomic E-state index is 0.221. The van der Waals surface area contributed by atoms with Crippen LogP contribution in [0, 0.1) is 6.92 Å². The van der Waals surface area contributed by atoms with Crippen LogP contribution in [-0.2, 0) is 12.8 Å². The predicted octanol–water partition coefficient (Wildman–Crippen LogP) is 4.84. The van der Waals surface area contributed by atoms with E-state index in [9.17, 15) is 0 Å². The molecule has 110 valence electrons. The maximum Gasteiger partial charge on any atom is 0.0577 e. The number of benzene rings is 2. The Morgan fingerprint density at radius 2 is 1.76 bits per heavy atom. The molecule has 0 spiro atoms. The first kappa shape index (κ1) is 14.6. The molecule has 1 atom stereocenters. The molecule has 2 aromatic rings. The van der Waals surface area contributed by atoms with Crippen molar-refractivity contribution >= 4 is 11.6 Å². The SMILES string of the molecule is CCNC(c1ccc(C)c(Cl)c1)c1ccc2c(c1)CCC2. The van der Waals surface area contributed by atoms with Gasteiger partial charge in [0.15, 0.2) is 0 Å². The zero-order valence-corrected chi connectivity index (χ0v) is 13.5. The van der Waals surface area contributed by atoms with Crippen LogP contribution in [-0.4, -0.2) is 6.54 Å². The average Bonchev–Trinajstić information content (AvgIpc) is 2.95. The van der Waals surface area contributed by atoms with E-state index in [0.29, 0.717) is 0 Å². The minimum absolute atomic E-state index is 0.221. The van der Waals surface area contributed by atoms with Crippen LogP contribution in [0.25, 0.3) is 0 Å². The predicted molar refractivity (Wildman–Crippen MR) is 90.2 cm³/mol. The van der Waals surface area contributed by atoms with Crippen molar-refractivity contribution in [3.63, 3.8) is 0 Å². The van der Waals surface area contributed by atoms with Gasteiger partial charge in [0.05, 0.1) is 6.04 Å². The molecule has 0 aliphatic heterocycles. The molecular weight excluding hydrogens is 278 g/mol. The molecule has 1 aliphatic rings. The van der Waals surface area contributed by atoms with Crippen LogP contribution in [0.4, 0.5) is 0 Å². The van der Waals surface area contributed by atoms with Gasteiger partial charge in [-0.05, 0) is 66.6 Å². The number of rotatable bonds is 4. The van der Waals surface area contributed by atoms with Gasteiger partial charge in [-0.2, -0.15) is 0 Å². The summed E-state index contributed by atoms with van der Waals surface area (Å²) >= 11 is 6.31. The van der Waals surface area contributed by atoms with E-state index in [1.54, 1.807) is 0 Å². The Hall–Kier alpha value is -1.31. The number of aryl methyl sites for hydroxylation is 3. The highest BCUT2D eigenvalue weighted by molar-refractivity contribution is 6.31. The molecule has 0 aromatic heterocycles. The highest BCUT2D eigenvalue weighted by Gasteiger charge is 2.17. The van der Waals surface area contributed by atoms with Gasteiger partial charge < -0.3 is 5.32 Å². The second-order valence-electron chi connectivity index (χ2n) is 5.88. The lowest BCUT2D eigenvalue weighted by molar-refractivity contribution is 0.630. The lowest BCUT2D eigenvalue weighted by Crippen LogP contribution is -2.22. The normalized spacial score (nSPS) is 15.0. The molecule has 21 heavy (non-hydrogen) atoms. The van der Waals surface area contributed by atoms with Crippen molar-refractivity contribution in [2.75, 3.05) is 6.54 Å². The van der Waals surface area contributed by atoms with Crippen LogP contribution in [0.1, 0.15) is 47.2 Å². The Balaban J connectivity index is 1.99. The van der Waals surface area contributed by atoms with Gasteiger partial charge in [0.1, 0.15) is 0 Å². The Labute approximate surface area is 132 Å². The quantitative estimate of drug-likeness (QED) is 0.852. The summed E-state index contributed by atoms with van der Waals surface area (Å²) < 4.78 is 0. The Kier molecular flexibility index (Phi) is 4.32. The zero-order chi connectivity index (χ0) is 14.8. The molecule has 0 radical (unpaired) electrons. The standard InChI is InChI=1S/C19H22ClN/c1-3-21-19(17-8-7-13(2)18(20)12-17)16-10-9-14-5-4-6-15(14)11-16/h7-12,19,21H,3-6H2,1-2H3. The van der Waals surface area contributed by atoms with E-state index in [4.69, 9.17) is 11.6 Å². The highest BCUT2D eigenvalue weighted by atomic mass is 35.5. The minimum Gasteiger partial charge on any atom is -0.307 e. The summed E-state index contributed by atoms with van der Waals surface area (Å²) in [6.45, 7) is 5.13. The van der Waals surface area contributed by atoms with Crippen molar-refractivity contribution in [1.82, 2.24) is 5.32 Å². The zero-order valence-electron chi connectivity index (χ0n) is 12.7. The van der Waals surface area contributed by atoms with E-state index in [1.165, 1.54) is 41.5 Å². The molecule has 0 saturated heterocycles. The van der Waals surface area contributed by atoms with E-state index < -0.39 is 0 Å². The molecule has 0 heterocycles. The lowest BCUT2D eigenvalue weighted by atomic mass is 9.95. The lowest BCUT2D eigenvalue weighted by Gasteiger charge is -2.20. The van der Waals surface area contributed by atoms with Gasteiger partial charge >= 0.3 is 0 Å². The molecule has 3 rings (SSSR count). The van der Waals surface area contributed by atoms with Crippen LogP contribution in [0.5, 0.6) is 0 Å². The summed E-state index contributed by atoms with van der Waals surface area (Å²) in [5.74, 6) is 0. The molecule has 2 aromatic carbocycles. The molecule has 1 aliphatic carbocycles. The number of fused-ring (bicyclic) bond motifs is 1. The summed E-state index contributed by atoms with van der Waals surface area (Å²) in [6, 6.07) is 13.6. The summed E-state index contributed by atoms with van der Waals surface area (Å²) in [4.78, 5) is 0. The summed E-state index contributed by atoms with van der Waals surface area (Å²) in [7, 11) is 0. The fraction of sp³-hybridized carbons (Fsp3) is 0.368. The van der Waals surface area contributed by atoms with E-state index in [2.05, 4.69) is 48.6 Å². The Bertz CT molecular complexity index is 648. The molecule has 0 bridgehead atoms. The topological polar surface area (TPSA) is 12.0 Å². The number of halogens is 1. The van der Waals surface area contributed by atoms with Crippen molar-refractivity contribution in [2.45, 2.75) is 39.2 Å². The van der Waals surface area contributed by atoms with Crippen molar-refractivity contribution in [2.24, 2.45) is 0 Å². The van der Waals surface area contributed by atoms with E-state index >= 15 is 0 Å². The number of nitrogens with one attached hydrogen (secondary N) is 1. The number of hydrogen-bond acceptors (Lipinski definition) is 1. The van der Waals surface area contributed by atoms with Gasteiger partial charge in [-0.3, -0.25) is 0 Å². The van der Waals surface area contributed by atoms with Crippen molar-refractivity contribution in [1.29, 1.82) is 0 Å². The molecular formula is C19H22ClN. The first-order chi connectivity index (χ1) is 10.2. The van der Waals surface area contributed by atoms with E-state index in [1.807, 2.05) is 6.92 Å². The van der Waals surface area contributed by atoms with Crippen molar-refractivity contribution in [3.05, 3.63) is 69.2 Å². The summed E-state index contributed by atoms with van der Waals surface area (Å²) in [5.41, 5.74) is 6.76. The third-order valence-electron chi connectivity index (χ3n) is 4.39. The van der Waals surface area contributed by atoms with E-state index in [-0.39, 0.29) is 6.04 Å². The van der Waals surface area contributed by atoms with Gasteiger partial charge in [-0.15, -0.1) is 0 Å². The maximum atomic E-state index is 6.31. The van der Waals surface area contributed by atoms with Crippen molar-refractivity contribution in [3.8, 4) is 0 Å². The second-order valence-corrected chi connectivity index (χ2v) is 6.29. The molecule has 0 amide bonds. The third-order valence-corrected chi connectivity index (χ3v) is 4.80. The Morgan fingerprint density at radius 3 is 2.52 bits per heavy atom. The molecule has 1 N–H and O–H groups in total. The average molecular weight is 300 g/mol. The molecule has 2 heteroatoms. The smallest absolute Gasteiger partial charge is 0.0577 e. The molecule has 0 saturated carbocycles. The molecule has 0 fully saturated rings. The number of hydrogen-bond donors (Lipinski definition) is 1. The maximum absolute atomic E-state index is 6.31. The largest absolute Gasteiger partial charge is 0.307 e. The fourth-order valence-corrected chi connectivity index (χ4v) is 3.38. The van der Waals surface area contributed by atoms with Gasteiger partial charge in [0.2, 0.25) is 0 Å². The van der Waals surface area contributed by atoms with Gasteiger partial charge in [0.25, 0.3) is 0 Å².